The lowest BCUT2D eigenvalue weighted by molar-refractivity contribution is -0.122. The molecule has 25 heavy (non-hydrogen) atoms. The molecule has 8 heteroatoms. The molecule has 1 rings (SSSR count). The number of aliphatic imine (C=N–C) groups is 1. The fourth-order valence-electron chi connectivity index (χ4n) is 1.97. The number of guanidine groups is 1. The monoisotopic (exact) mass is 355 g/mol. The van der Waals surface area contributed by atoms with Gasteiger partial charge in [-0.3, -0.25) is 9.79 Å². The molecule has 0 spiro atoms. The van der Waals surface area contributed by atoms with Crippen LogP contribution < -0.4 is 21.3 Å². The third kappa shape index (κ3) is 11.2. The number of hydrogen-bond acceptors (Lipinski definition) is 4. The van der Waals surface area contributed by atoms with E-state index in [0.717, 1.165) is 19.4 Å². The normalized spacial score (nSPS) is 14.6. The Hall–Kier alpha value is -1.99. The maximum atomic E-state index is 11.5. The summed E-state index contributed by atoms with van der Waals surface area (Å²) in [6.45, 7) is 10.6. The van der Waals surface area contributed by atoms with Gasteiger partial charge in [0.2, 0.25) is 5.91 Å². The van der Waals surface area contributed by atoms with Gasteiger partial charge in [0.05, 0.1) is 0 Å². The highest BCUT2D eigenvalue weighted by atomic mass is 16.6. The van der Waals surface area contributed by atoms with E-state index in [1.54, 1.807) is 0 Å². The topological polar surface area (TPSA) is 104 Å². The van der Waals surface area contributed by atoms with Crippen molar-refractivity contribution >= 4 is 18.0 Å². The summed E-state index contributed by atoms with van der Waals surface area (Å²) in [5.41, 5.74) is -0.487. The molecule has 0 atom stereocenters. The van der Waals surface area contributed by atoms with Gasteiger partial charge in [0.15, 0.2) is 5.96 Å². The molecule has 0 saturated heterocycles. The summed E-state index contributed by atoms with van der Waals surface area (Å²) in [4.78, 5) is 27.5. The van der Waals surface area contributed by atoms with Crippen molar-refractivity contribution in [3.05, 3.63) is 0 Å². The Morgan fingerprint density at radius 1 is 1.04 bits per heavy atom. The fraction of sp³-hybridized carbons (Fsp3) is 0.824. The van der Waals surface area contributed by atoms with Crippen LogP contribution in [0, 0.1) is 5.92 Å². The number of nitrogens with one attached hydrogen (secondary N) is 4. The van der Waals surface area contributed by atoms with Crippen LogP contribution in [0.3, 0.4) is 0 Å². The maximum Gasteiger partial charge on any atom is 0.407 e. The fourth-order valence-corrected chi connectivity index (χ4v) is 1.97. The molecule has 2 amide bonds. The number of rotatable bonds is 9. The highest BCUT2D eigenvalue weighted by Gasteiger charge is 2.28. The number of nitrogens with zero attached hydrogens (tertiary/aromatic N) is 1. The Bertz CT molecular complexity index is 456. The lowest BCUT2D eigenvalue weighted by Gasteiger charge is -2.19. The lowest BCUT2D eigenvalue weighted by atomic mass is 10.2. The highest BCUT2D eigenvalue weighted by molar-refractivity contribution is 5.81. The van der Waals surface area contributed by atoms with Crippen LogP contribution >= 0.6 is 0 Å². The van der Waals surface area contributed by atoms with Crippen LogP contribution in [0.5, 0.6) is 0 Å². The Labute approximate surface area is 150 Å². The van der Waals surface area contributed by atoms with Crippen LogP contribution in [0.2, 0.25) is 0 Å². The van der Waals surface area contributed by atoms with Gasteiger partial charge in [-0.05, 0) is 47.0 Å². The Morgan fingerprint density at radius 3 is 2.32 bits per heavy atom. The van der Waals surface area contributed by atoms with Crippen molar-refractivity contribution in [3.8, 4) is 0 Å². The van der Waals surface area contributed by atoms with Crippen LogP contribution in [0.1, 0.15) is 47.0 Å². The smallest absolute Gasteiger partial charge is 0.407 e. The molecule has 1 aliphatic carbocycles. The van der Waals surface area contributed by atoms with E-state index in [-0.39, 0.29) is 11.8 Å². The van der Waals surface area contributed by atoms with Crippen LogP contribution in [-0.4, -0.2) is 56.3 Å². The van der Waals surface area contributed by atoms with Gasteiger partial charge in [0, 0.05) is 38.6 Å². The summed E-state index contributed by atoms with van der Waals surface area (Å²) in [5.74, 6) is 1.09. The number of carbonyl (C=O) groups is 2. The first-order valence-electron chi connectivity index (χ1n) is 9.08. The van der Waals surface area contributed by atoms with Crippen LogP contribution in [0.25, 0.3) is 0 Å². The highest BCUT2D eigenvalue weighted by Crippen LogP contribution is 2.28. The van der Waals surface area contributed by atoms with Crippen molar-refractivity contribution in [3.63, 3.8) is 0 Å². The molecule has 0 aromatic heterocycles. The second-order valence-electron chi connectivity index (χ2n) is 7.03. The molecule has 4 N–H and O–H groups in total. The molecule has 0 aromatic rings. The van der Waals surface area contributed by atoms with E-state index in [9.17, 15) is 9.59 Å². The number of amides is 2. The number of hydrogen-bond donors (Lipinski definition) is 4. The number of alkyl carbamates (subject to hydrolysis) is 1. The predicted molar refractivity (Wildman–Crippen MR) is 98.6 cm³/mol. The molecule has 0 radical (unpaired) electrons. The molecule has 0 bridgehead atoms. The first-order chi connectivity index (χ1) is 11.8. The molecule has 1 saturated carbocycles. The Balaban J connectivity index is 2.14. The van der Waals surface area contributed by atoms with Crippen molar-refractivity contribution in [2.75, 3.05) is 32.7 Å². The van der Waals surface area contributed by atoms with Crippen molar-refractivity contribution in [2.45, 2.75) is 52.6 Å². The first kappa shape index (κ1) is 21.1. The summed E-state index contributed by atoms with van der Waals surface area (Å²) in [6.07, 6.45) is 2.34. The second kappa shape index (κ2) is 10.8. The van der Waals surface area contributed by atoms with Gasteiger partial charge in [-0.1, -0.05) is 0 Å². The van der Waals surface area contributed by atoms with Crippen LogP contribution in [0.4, 0.5) is 4.79 Å². The average Bonchev–Trinajstić information content (AvgIpc) is 3.33. The van der Waals surface area contributed by atoms with Gasteiger partial charge < -0.3 is 26.0 Å². The minimum absolute atomic E-state index is 0.150. The van der Waals surface area contributed by atoms with E-state index < -0.39 is 11.7 Å². The van der Waals surface area contributed by atoms with Gasteiger partial charge in [0.25, 0.3) is 0 Å². The van der Waals surface area contributed by atoms with Crippen molar-refractivity contribution < 1.29 is 14.3 Å². The van der Waals surface area contributed by atoms with Gasteiger partial charge in [0.1, 0.15) is 5.60 Å². The SMILES string of the molecule is CCNC(=NCCCNC(=O)OC(C)(C)C)NCCNC(=O)C1CC1. The van der Waals surface area contributed by atoms with Crippen LogP contribution in [0.15, 0.2) is 4.99 Å². The number of ether oxygens (including phenoxy) is 1. The van der Waals surface area contributed by atoms with Gasteiger partial charge >= 0.3 is 6.09 Å². The van der Waals surface area contributed by atoms with Gasteiger partial charge in [-0.2, -0.15) is 0 Å². The zero-order valence-corrected chi connectivity index (χ0v) is 15.9. The minimum atomic E-state index is -0.487. The van der Waals surface area contributed by atoms with E-state index in [2.05, 4.69) is 26.3 Å². The molecule has 0 unspecified atom stereocenters. The summed E-state index contributed by atoms with van der Waals surface area (Å²) in [5, 5.41) is 11.9. The molecule has 0 aliphatic heterocycles. The number of carbonyl (C=O) groups excluding carboxylic acids is 2. The minimum Gasteiger partial charge on any atom is -0.444 e. The third-order valence-corrected chi connectivity index (χ3v) is 3.28. The van der Waals surface area contributed by atoms with E-state index in [0.29, 0.717) is 38.6 Å². The zero-order chi connectivity index (χ0) is 18.7. The van der Waals surface area contributed by atoms with Crippen molar-refractivity contribution in [1.82, 2.24) is 21.3 Å². The van der Waals surface area contributed by atoms with Gasteiger partial charge in [-0.15, -0.1) is 0 Å². The summed E-state index contributed by atoms with van der Waals surface area (Å²) in [6, 6.07) is 0. The second-order valence-corrected chi connectivity index (χ2v) is 7.03. The lowest BCUT2D eigenvalue weighted by Crippen LogP contribution is -2.42. The standard InChI is InChI=1S/C17H33N5O3/c1-5-18-15(21-12-11-19-14(23)13-7-8-13)20-9-6-10-22-16(24)25-17(2,3)4/h13H,5-12H2,1-4H3,(H,19,23)(H,22,24)(H2,18,20,21). The molecule has 0 aromatic carbocycles. The molecule has 8 nitrogen and oxygen atoms in total. The summed E-state index contributed by atoms with van der Waals surface area (Å²) in [7, 11) is 0. The average molecular weight is 355 g/mol. The van der Waals surface area contributed by atoms with E-state index in [4.69, 9.17) is 4.74 Å². The molecular formula is C17H33N5O3. The molecule has 0 heterocycles. The molecule has 1 fully saturated rings. The van der Waals surface area contributed by atoms with E-state index >= 15 is 0 Å². The third-order valence-electron chi connectivity index (χ3n) is 3.28. The Kier molecular flexibility index (Phi) is 9.08. The quantitative estimate of drug-likeness (QED) is 0.280. The molecular weight excluding hydrogens is 322 g/mol. The van der Waals surface area contributed by atoms with Crippen molar-refractivity contribution in [2.24, 2.45) is 10.9 Å². The van der Waals surface area contributed by atoms with E-state index in [1.807, 2.05) is 27.7 Å². The largest absolute Gasteiger partial charge is 0.444 e. The molecule has 1 aliphatic rings. The van der Waals surface area contributed by atoms with E-state index in [1.165, 1.54) is 0 Å². The summed E-state index contributed by atoms with van der Waals surface area (Å²) >= 11 is 0. The molecule has 144 valence electrons. The Morgan fingerprint density at radius 2 is 1.72 bits per heavy atom. The van der Waals surface area contributed by atoms with Crippen molar-refractivity contribution in [1.29, 1.82) is 0 Å². The zero-order valence-electron chi connectivity index (χ0n) is 15.9. The maximum absolute atomic E-state index is 11.5. The predicted octanol–water partition coefficient (Wildman–Crippen LogP) is 0.983. The summed E-state index contributed by atoms with van der Waals surface area (Å²) < 4.78 is 5.16. The van der Waals surface area contributed by atoms with Crippen LogP contribution in [-0.2, 0) is 9.53 Å². The first-order valence-corrected chi connectivity index (χ1v) is 9.08. The van der Waals surface area contributed by atoms with Gasteiger partial charge in [-0.25, -0.2) is 4.79 Å².